The van der Waals surface area contributed by atoms with Crippen LogP contribution in [0.1, 0.15) is 24.2 Å². The highest BCUT2D eigenvalue weighted by atomic mass is 35.5. The zero-order valence-corrected chi connectivity index (χ0v) is 15.1. The number of fused-ring (bicyclic) bond motifs is 1. The molecule has 1 aromatic carbocycles. The van der Waals surface area contributed by atoms with Gasteiger partial charge in [-0.2, -0.15) is 0 Å². The van der Waals surface area contributed by atoms with Crippen LogP contribution in [-0.2, 0) is 9.53 Å². The van der Waals surface area contributed by atoms with Gasteiger partial charge in [0.25, 0.3) is 0 Å². The van der Waals surface area contributed by atoms with E-state index in [0.29, 0.717) is 5.71 Å². The van der Waals surface area contributed by atoms with E-state index in [1.54, 1.807) is 13.1 Å². The standard InChI is InChI=1S/C19H18ClN3O3/c1-11-16(15(20)18(26-2)19(24)25)23-17(14-9-5-6-10-21-14)12-7-3-4-8-13(12)22-11/h3-10,16-17,23H,1-2H3,(H,24,25)/b18-15-. The number of hydrogen-bond donors (Lipinski definition) is 2. The summed E-state index contributed by atoms with van der Waals surface area (Å²) in [6.07, 6.45) is 1.71. The predicted molar refractivity (Wildman–Crippen MR) is 99.7 cm³/mol. The Balaban J connectivity index is 2.14. The van der Waals surface area contributed by atoms with E-state index in [4.69, 9.17) is 16.3 Å². The van der Waals surface area contributed by atoms with Gasteiger partial charge in [-0.1, -0.05) is 35.9 Å². The molecule has 0 radical (unpaired) electrons. The molecule has 26 heavy (non-hydrogen) atoms. The van der Waals surface area contributed by atoms with E-state index in [1.165, 1.54) is 7.11 Å². The van der Waals surface area contributed by atoms with E-state index in [2.05, 4.69) is 15.3 Å². The molecule has 7 heteroatoms. The number of benzene rings is 1. The summed E-state index contributed by atoms with van der Waals surface area (Å²) in [5.74, 6) is -1.55. The van der Waals surface area contributed by atoms with E-state index in [-0.39, 0.29) is 16.8 Å². The topological polar surface area (TPSA) is 83.8 Å². The molecule has 0 bridgehead atoms. The molecule has 1 aliphatic rings. The van der Waals surface area contributed by atoms with Crippen LogP contribution < -0.4 is 5.32 Å². The average Bonchev–Trinajstić information content (AvgIpc) is 2.78. The normalized spacial score (nSPS) is 20.3. The predicted octanol–water partition coefficient (Wildman–Crippen LogP) is 3.42. The van der Waals surface area contributed by atoms with Gasteiger partial charge in [0.2, 0.25) is 5.76 Å². The summed E-state index contributed by atoms with van der Waals surface area (Å²) in [4.78, 5) is 20.5. The molecular weight excluding hydrogens is 354 g/mol. The molecule has 0 amide bonds. The van der Waals surface area contributed by atoms with Crippen LogP contribution in [0.2, 0.25) is 0 Å². The molecule has 0 aliphatic carbocycles. The first-order chi connectivity index (χ1) is 12.5. The van der Waals surface area contributed by atoms with Crippen molar-refractivity contribution in [1.82, 2.24) is 10.3 Å². The van der Waals surface area contributed by atoms with Crippen LogP contribution in [0.15, 0.2) is 64.4 Å². The first-order valence-electron chi connectivity index (χ1n) is 8.01. The van der Waals surface area contributed by atoms with Crippen molar-refractivity contribution in [2.75, 3.05) is 7.11 Å². The van der Waals surface area contributed by atoms with Crippen molar-refractivity contribution in [3.05, 3.63) is 70.7 Å². The smallest absolute Gasteiger partial charge is 0.372 e. The quantitative estimate of drug-likeness (QED) is 0.635. The molecule has 3 rings (SSSR count). The minimum atomic E-state index is -1.23. The molecule has 2 unspecified atom stereocenters. The van der Waals surface area contributed by atoms with Gasteiger partial charge >= 0.3 is 5.97 Å². The largest absolute Gasteiger partial charge is 0.489 e. The van der Waals surface area contributed by atoms with Gasteiger partial charge in [-0.25, -0.2) is 4.79 Å². The fourth-order valence-corrected chi connectivity index (χ4v) is 3.31. The Labute approximate surface area is 156 Å². The van der Waals surface area contributed by atoms with Crippen molar-refractivity contribution in [3.63, 3.8) is 0 Å². The summed E-state index contributed by atoms with van der Waals surface area (Å²) in [7, 11) is 1.28. The van der Waals surface area contributed by atoms with Crippen molar-refractivity contribution in [2.45, 2.75) is 19.0 Å². The number of carbonyl (C=O) groups is 1. The van der Waals surface area contributed by atoms with Crippen LogP contribution in [0.4, 0.5) is 5.69 Å². The molecule has 0 saturated heterocycles. The monoisotopic (exact) mass is 371 g/mol. The number of nitrogens with zero attached hydrogens (tertiary/aromatic N) is 2. The SMILES string of the molecule is CO/C(C(=O)O)=C(\Cl)C1NC(c2ccccn2)c2ccccc2N=C1C. The molecule has 134 valence electrons. The Morgan fingerprint density at radius 3 is 2.62 bits per heavy atom. The second-order valence-corrected chi connectivity index (χ2v) is 6.19. The number of nitrogens with one attached hydrogen (secondary N) is 1. The van der Waals surface area contributed by atoms with E-state index in [0.717, 1.165) is 16.9 Å². The van der Waals surface area contributed by atoms with Crippen LogP contribution in [0, 0.1) is 0 Å². The molecule has 0 fully saturated rings. The van der Waals surface area contributed by atoms with E-state index >= 15 is 0 Å². The number of aliphatic imine (C=N–C) groups is 1. The first kappa shape index (κ1) is 18.1. The third-order valence-electron chi connectivity index (χ3n) is 4.15. The Bertz CT molecular complexity index is 881. The zero-order chi connectivity index (χ0) is 18.7. The van der Waals surface area contributed by atoms with E-state index in [9.17, 15) is 9.90 Å². The summed E-state index contributed by atoms with van der Waals surface area (Å²) >= 11 is 6.39. The molecular formula is C19H18ClN3O3. The Hall–Kier alpha value is -2.70. The maximum atomic E-state index is 11.4. The highest BCUT2D eigenvalue weighted by Crippen LogP contribution is 2.34. The molecule has 1 aromatic heterocycles. The number of methoxy groups -OCH3 is 1. The maximum absolute atomic E-state index is 11.4. The molecule has 2 atom stereocenters. The summed E-state index contributed by atoms with van der Waals surface area (Å²) in [6, 6.07) is 12.4. The lowest BCUT2D eigenvalue weighted by Gasteiger charge is -2.24. The van der Waals surface area contributed by atoms with Gasteiger partial charge in [-0.15, -0.1) is 0 Å². The second-order valence-electron chi connectivity index (χ2n) is 5.79. The van der Waals surface area contributed by atoms with Gasteiger partial charge in [0.1, 0.15) is 0 Å². The minimum absolute atomic E-state index is 0.0370. The molecule has 2 aromatic rings. The summed E-state index contributed by atoms with van der Waals surface area (Å²) in [6.45, 7) is 1.80. The summed E-state index contributed by atoms with van der Waals surface area (Å²) in [5, 5.41) is 12.8. The maximum Gasteiger partial charge on any atom is 0.372 e. The number of aliphatic carboxylic acids is 1. The third kappa shape index (κ3) is 3.47. The van der Waals surface area contributed by atoms with Gasteiger partial charge in [0, 0.05) is 17.5 Å². The third-order valence-corrected chi connectivity index (χ3v) is 4.54. The number of hydrogen-bond acceptors (Lipinski definition) is 5. The number of rotatable bonds is 4. The number of pyridine rings is 1. The lowest BCUT2D eigenvalue weighted by molar-refractivity contribution is -0.136. The van der Waals surface area contributed by atoms with Gasteiger partial charge in [0.05, 0.1) is 35.6 Å². The lowest BCUT2D eigenvalue weighted by atomic mass is 10.0. The molecule has 0 saturated carbocycles. The van der Waals surface area contributed by atoms with Crippen LogP contribution >= 0.6 is 11.6 Å². The fourth-order valence-electron chi connectivity index (χ4n) is 2.93. The van der Waals surface area contributed by atoms with E-state index < -0.39 is 12.0 Å². The number of ether oxygens (including phenoxy) is 1. The first-order valence-corrected chi connectivity index (χ1v) is 8.38. The van der Waals surface area contributed by atoms with E-state index in [1.807, 2.05) is 42.5 Å². The van der Waals surface area contributed by atoms with Gasteiger partial charge < -0.3 is 9.84 Å². The fraction of sp³-hybridized carbons (Fsp3) is 0.211. The van der Waals surface area contributed by atoms with Gasteiger partial charge in [-0.3, -0.25) is 15.3 Å². The summed E-state index contributed by atoms with van der Waals surface area (Å²) < 4.78 is 4.97. The van der Waals surface area contributed by atoms with Crippen molar-refractivity contribution < 1.29 is 14.6 Å². The molecule has 1 aliphatic heterocycles. The number of aromatic nitrogens is 1. The number of carboxylic acid groups (broad SMARTS) is 1. The van der Waals surface area contributed by atoms with Crippen molar-refractivity contribution in [1.29, 1.82) is 0 Å². The minimum Gasteiger partial charge on any atom is -0.489 e. The van der Waals surface area contributed by atoms with Crippen molar-refractivity contribution >= 4 is 29.0 Å². The molecule has 2 N–H and O–H groups in total. The number of carboxylic acids is 1. The van der Waals surface area contributed by atoms with Crippen molar-refractivity contribution in [3.8, 4) is 0 Å². The second kappa shape index (κ2) is 7.68. The van der Waals surface area contributed by atoms with Gasteiger partial charge in [-0.05, 0) is 25.1 Å². The van der Waals surface area contributed by atoms with Gasteiger partial charge in [0.15, 0.2) is 0 Å². The molecule has 0 spiro atoms. The highest BCUT2D eigenvalue weighted by molar-refractivity contribution is 6.34. The number of para-hydroxylation sites is 1. The van der Waals surface area contributed by atoms with Crippen LogP contribution in [0.3, 0.4) is 0 Å². The Kier molecular flexibility index (Phi) is 5.35. The highest BCUT2D eigenvalue weighted by Gasteiger charge is 2.31. The summed E-state index contributed by atoms with van der Waals surface area (Å²) in [5.41, 5.74) is 3.14. The Morgan fingerprint density at radius 2 is 1.96 bits per heavy atom. The van der Waals surface area contributed by atoms with Crippen molar-refractivity contribution in [2.24, 2.45) is 4.99 Å². The average molecular weight is 372 g/mol. The molecule has 2 heterocycles. The molecule has 6 nitrogen and oxygen atoms in total. The van der Waals surface area contributed by atoms with Crippen LogP contribution in [0.5, 0.6) is 0 Å². The zero-order valence-electron chi connectivity index (χ0n) is 14.3. The lowest BCUT2D eigenvalue weighted by Crippen LogP contribution is -2.39. The van der Waals surface area contributed by atoms with Crippen LogP contribution in [0.25, 0.3) is 0 Å². The number of halogens is 1. The van der Waals surface area contributed by atoms with Crippen LogP contribution in [-0.4, -0.2) is 34.9 Å². The Morgan fingerprint density at radius 1 is 1.23 bits per heavy atom.